The highest BCUT2D eigenvalue weighted by atomic mass is 16.1. The highest BCUT2D eigenvalue weighted by Crippen LogP contribution is 2.10. The maximum absolute atomic E-state index is 11.7. The number of amides is 1. The Balaban J connectivity index is 1.80. The lowest BCUT2D eigenvalue weighted by Crippen LogP contribution is -2.35. The number of carbonyl (C=O) groups excluding carboxylic acids is 1. The van der Waals surface area contributed by atoms with E-state index in [2.05, 4.69) is 17.6 Å². The van der Waals surface area contributed by atoms with Gasteiger partial charge in [-0.3, -0.25) is 4.79 Å². The maximum atomic E-state index is 11.7. The molecule has 0 aromatic rings. The summed E-state index contributed by atoms with van der Waals surface area (Å²) in [6.07, 6.45) is 13.6. The molecule has 1 unspecified atom stereocenters. The van der Waals surface area contributed by atoms with E-state index in [9.17, 15) is 4.79 Å². The third kappa shape index (κ3) is 9.04. The van der Waals surface area contributed by atoms with Crippen LogP contribution in [0.25, 0.3) is 0 Å². The van der Waals surface area contributed by atoms with Gasteiger partial charge in [0.25, 0.3) is 0 Å². The van der Waals surface area contributed by atoms with Crippen molar-refractivity contribution >= 4 is 5.91 Å². The lowest BCUT2D eigenvalue weighted by atomic mass is 10.1. The van der Waals surface area contributed by atoms with Crippen LogP contribution in [0.1, 0.15) is 77.6 Å². The van der Waals surface area contributed by atoms with Crippen LogP contribution in [0.5, 0.6) is 0 Å². The van der Waals surface area contributed by atoms with Crippen molar-refractivity contribution in [3.8, 4) is 0 Å². The van der Waals surface area contributed by atoms with E-state index in [1.807, 2.05) is 0 Å². The molecule has 1 saturated heterocycles. The predicted molar refractivity (Wildman–Crippen MR) is 81.3 cm³/mol. The van der Waals surface area contributed by atoms with Crippen molar-refractivity contribution in [2.24, 2.45) is 0 Å². The Labute approximate surface area is 118 Å². The highest BCUT2D eigenvalue weighted by Gasteiger charge is 2.15. The van der Waals surface area contributed by atoms with Gasteiger partial charge in [0, 0.05) is 19.0 Å². The molecule has 3 nitrogen and oxygen atoms in total. The standard InChI is InChI=1S/C16H32N2O/c1-2-3-4-5-6-7-8-9-10-11-16(19)18-15-12-13-17-14-15/h15,17H,2-14H2,1H3,(H,18,19). The molecule has 0 aromatic heterocycles. The Morgan fingerprint density at radius 1 is 1.05 bits per heavy atom. The normalized spacial score (nSPS) is 18.7. The van der Waals surface area contributed by atoms with Gasteiger partial charge in [0.1, 0.15) is 0 Å². The van der Waals surface area contributed by atoms with Gasteiger partial charge in [-0.15, -0.1) is 0 Å². The second-order valence-corrected chi connectivity index (χ2v) is 5.84. The van der Waals surface area contributed by atoms with E-state index in [0.717, 1.165) is 25.9 Å². The first-order valence-corrected chi connectivity index (χ1v) is 8.33. The number of carbonyl (C=O) groups is 1. The van der Waals surface area contributed by atoms with Gasteiger partial charge in [-0.1, -0.05) is 58.3 Å². The van der Waals surface area contributed by atoms with Gasteiger partial charge in [-0.25, -0.2) is 0 Å². The third-order valence-corrected chi connectivity index (χ3v) is 3.93. The van der Waals surface area contributed by atoms with Crippen molar-refractivity contribution in [3.05, 3.63) is 0 Å². The fraction of sp³-hybridized carbons (Fsp3) is 0.938. The van der Waals surface area contributed by atoms with Gasteiger partial charge < -0.3 is 10.6 Å². The van der Waals surface area contributed by atoms with Crippen LogP contribution < -0.4 is 10.6 Å². The Hall–Kier alpha value is -0.570. The summed E-state index contributed by atoms with van der Waals surface area (Å²) < 4.78 is 0. The van der Waals surface area contributed by atoms with Crippen molar-refractivity contribution in [2.75, 3.05) is 13.1 Å². The van der Waals surface area contributed by atoms with Gasteiger partial charge in [-0.2, -0.15) is 0 Å². The number of unbranched alkanes of at least 4 members (excludes halogenated alkanes) is 8. The summed E-state index contributed by atoms with van der Waals surface area (Å²) in [5.41, 5.74) is 0. The number of nitrogens with one attached hydrogen (secondary N) is 2. The Bertz CT molecular complexity index is 225. The molecule has 0 aromatic carbocycles. The first-order valence-electron chi connectivity index (χ1n) is 8.33. The monoisotopic (exact) mass is 268 g/mol. The zero-order chi connectivity index (χ0) is 13.8. The summed E-state index contributed by atoms with van der Waals surface area (Å²) in [6.45, 7) is 4.25. The Morgan fingerprint density at radius 2 is 1.68 bits per heavy atom. The Morgan fingerprint density at radius 3 is 2.26 bits per heavy atom. The second-order valence-electron chi connectivity index (χ2n) is 5.84. The minimum absolute atomic E-state index is 0.247. The summed E-state index contributed by atoms with van der Waals surface area (Å²) in [4.78, 5) is 11.7. The fourth-order valence-corrected chi connectivity index (χ4v) is 2.67. The summed E-state index contributed by atoms with van der Waals surface area (Å²) in [5, 5.41) is 6.37. The third-order valence-electron chi connectivity index (χ3n) is 3.93. The van der Waals surface area contributed by atoms with Crippen LogP contribution in [-0.4, -0.2) is 25.0 Å². The van der Waals surface area contributed by atoms with E-state index in [1.54, 1.807) is 0 Å². The number of hydrogen-bond acceptors (Lipinski definition) is 2. The molecule has 0 spiro atoms. The molecule has 112 valence electrons. The number of rotatable bonds is 11. The molecular formula is C16H32N2O. The second kappa shape index (κ2) is 11.3. The topological polar surface area (TPSA) is 41.1 Å². The number of hydrogen-bond donors (Lipinski definition) is 2. The van der Waals surface area contributed by atoms with E-state index in [1.165, 1.54) is 51.4 Å². The molecule has 1 atom stereocenters. The Kier molecular flexibility index (Phi) is 9.78. The molecule has 1 aliphatic rings. The first kappa shape index (κ1) is 16.5. The van der Waals surface area contributed by atoms with E-state index < -0.39 is 0 Å². The molecular weight excluding hydrogens is 236 g/mol. The predicted octanol–water partition coefficient (Wildman–Crippen LogP) is 3.39. The average Bonchev–Trinajstić information content (AvgIpc) is 2.89. The summed E-state index contributed by atoms with van der Waals surface area (Å²) in [7, 11) is 0. The molecule has 1 rings (SSSR count). The molecule has 1 aliphatic heterocycles. The van der Waals surface area contributed by atoms with E-state index in [0.29, 0.717) is 12.5 Å². The SMILES string of the molecule is CCCCCCCCCCCC(=O)NC1CCNC1. The van der Waals surface area contributed by atoms with E-state index in [-0.39, 0.29) is 5.91 Å². The van der Waals surface area contributed by atoms with Crippen LogP contribution in [0.3, 0.4) is 0 Å². The zero-order valence-electron chi connectivity index (χ0n) is 12.7. The molecule has 0 saturated carbocycles. The minimum atomic E-state index is 0.247. The highest BCUT2D eigenvalue weighted by molar-refractivity contribution is 5.76. The smallest absolute Gasteiger partial charge is 0.220 e. The summed E-state index contributed by atoms with van der Waals surface area (Å²) >= 11 is 0. The van der Waals surface area contributed by atoms with Crippen molar-refractivity contribution in [1.29, 1.82) is 0 Å². The van der Waals surface area contributed by atoms with Gasteiger partial charge >= 0.3 is 0 Å². The maximum Gasteiger partial charge on any atom is 0.220 e. The molecule has 3 heteroatoms. The zero-order valence-corrected chi connectivity index (χ0v) is 12.7. The molecule has 0 radical (unpaired) electrons. The van der Waals surface area contributed by atoms with Crippen LogP contribution in [0.15, 0.2) is 0 Å². The van der Waals surface area contributed by atoms with Crippen molar-refractivity contribution in [3.63, 3.8) is 0 Å². The molecule has 0 bridgehead atoms. The average molecular weight is 268 g/mol. The lowest BCUT2D eigenvalue weighted by Gasteiger charge is -2.10. The van der Waals surface area contributed by atoms with Crippen LogP contribution >= 0.6 is 0 Å². The molecule has 0 aliphatic carbocycles. The van der Waals surface area contributed by atoms with Crippen LogP contribution in [0.4, 0.5) is 0 Å². The minimum Gasteiger partial charge on any atom is -0.352 e. The summed E-state index contributed by atoms with van der Waals surface area (Å²) in [5.74, 6) is 0.247. The van der Waals surface area contributed by atoms with Gasteiger partial charge in [-0.05, 0) is 19.4 Å². The molecule has 1 fully saturated rings. The van der Waals surface area contributed by atoms with Crippen LogP contribution in [-0.2, 0) is 4.79 Å². The lowest BCUT2D eigenvalue weighted by molar-refractivity contribution is -0.121. The molecule has 1 heterocycles. The van der Waals surface area contributed by atoms with Crippen molar-refractivity contribution in [2.45, 2.75) is 83.6 Å². The van der Waals surface area contributed by atoms with Crippen LogP contribution in [0.2, 0.25) is 0 Å². The largest absolute Gasteiger partial charge is 0.352 e. The van der Waals surface area contributed by atoms with Crippen molar-refractivity contribution in [1.82, 2.24) is 10.6 Å². The quantitative estimate of drug-likeness (QED) is 0.564. The van der Waals surface area contributed by atoms with Crippen LogP contribution in [0, 0.1) is 0 Å². The first-order chi connectivity index (χ1) is 9.33. The molecule has 2 N–H and O–H groups in total. The van der Waals surface area contributed by atoms with E-state index >= 15 is 0 Å². The van der Waals surface area contributed by atoms with Gasteiger partial charge in [0.05, 0.1) is 0 Å². The van der Waals surface area contributed by atoms with Gasteiger partial charge in [0.15, 0.2) is 0 Å². The molecule has 19 heavy (non-hydrogen) atoms. The molecule has 1 amide bonds. The fourth-order valence-electron chi connectivity index (χ4n) is 2.67. The van der Waals surface area contributed by atoms with Gasteiger partial charge in [0.2, 0.25) is 5.91 Å². The summed E-state index contributed by atoms with van der Waals surface area (Å²) in [6, 6.07) is 0.381. The van der Waals surface area contributed by atoms with Crippen molar-refractivity contribution < 1.29 is 4.79 Å². The van der Waals surface area contributed by atoms with E-state index in [4.69, 9.17) is 0 Å².